The van der Waals surface area contributed by atoms with Gasteiger partial charge < -0.3 is 15.0 Å². The molecular formula is C46H73FN2O2. The van der Waals surface area contributed by atoms with Crippen molar-refractivity contribution in [1.82, 2.24) is 10.2 Å². The average Bonchev–Trinajstić information content (AvgIpc) is 3.35. The highest BCUT2D eigenvalue weighted by Crippen LogP contribution is 2.76. The highest BCUT2D eigenvalue weighted by molar-refractivity contribution is 5.43. The van der Waals surface area contributed by atoms with E-state index in [1.165, 1.54) is 107 Å². The summed E-state index contributed by atoms with van der Waals surface area (Å²) < 4.78 is 19.3. The van der Waals surface area contributed by atoms with Gasteiger partial charge in [-0.2, -0.15) is 0 Å². The molecule has 7 rings (SSSR count). The number of likely N-dealkylation sites (tertiary alicyclic amines) is 1. The normalized spacial score (nSPS) is 46.7. The van der Waals surface area contributed by atoms with E-state index in [0.717, 1.165) is 37.1 Å². The Labute approximate surface area is 311 Å². The molecule has 286 valence electrons. The summed E-state index contributed by atoms with van der Waals surface area (Å²) in [5.41, 5.74) is 4.60. The molecule has 0 amide bonds. The number of nitrogens with zero attached hydrogens (tertiary/aromatic N) is 1. The van der Waals surface area contributed by atoms with Crippen molar-refractivity contribution in [3.8, 4) is 0 Å². The van der Waals surface area contributed by atoms with E-state index in [9.17, 15) is 9.18 Å². The predicted octanol–water partition coefficient (Wildman–Crippen LogP) is 10.6. The van der Waals surface area contributed by atoms with Crippen LogP contribution < -0.4 is 5.32 Å². The van der Waals surface area contributed by atoms with Crippen LogP contribution in [0.2, 0.25) is 0 Å². The van der Waals surface area contributed by atoms with Crippen LogP contribution in [0.3, 0.4) is 0 Å². The molecule has 0 aromatic carbocycles. The molecule has 1 N–H and O–H groups in total. The van der Waals surface area contributed by atoms with Crippen molar-refractivity contribution in [2.75, 3.05) is 32.9 Å². The van der Waals surface area contributed by atoms with Crippen LogP contribution in [0.15, 0.2) is 35.5 Å². The molecule has 0 aromatic heterocycles. The van der Waals surface area contributed by atoms with Crippen molar-refractivity contribution < 1.29 is 13.9 Å². The topological polar surface area (TPSA) is 41.6 Å². The molecule has 0 aromatic rings. The monoisotopic (exact) mass is 705 g/mol. The smallest absolute Gasteiger partial charge is 0.293 e. The first-order valence-electron chi connectivity index (χ1n) is 21.4. The van der Waals surface area contributed by atoms with E-state index in [1.807, 2.05) is 0 Å². The van der Waals surface area contributed by atoms with Gasteiger partial charge in [0.25, 0.3) is 6.47 Å². The van der Waals surface area contributed by atoms with Gasteiger partial charge in [0.1, 0.15) is 12.3 Å². The van der Waals surface area contributed by atoms with E-state index < -0.39 is 12.3 Å². The van der Waals surface area contributed by atoms with Crippen molar-refractivity contribution in [1.29, 1.82) is 0 Å². The zero-order chi connectivity index (χ0) is 36.5. The molecule has 1 heterocycles. The van der Waals surface area contributed by atoms with Crippen LogP contribution in [0, 0.1) is 57.2 Å². The molecule has 0 bridgehead atoms. The van der Waals surface area contributed by atoms with Crippen LogP contribution in [0.4, 0.5) is 4.39 Å². The third-order valence-electron chi connectivity index (χ3n) is 18.0. The Bertz CT molecular complexity index is 1400. The summed E-state index contributed by atoms with van der Waals surface area (Å²) in [6.07, 6.45) is 22.6. The summed E-state index contributed by atoms with van der Waals surface area (Å²) in [4.78, 5) is 13.9. The standard InChI is InChI=1S/C46H73FN2O2/c1-32(2)35-16-23-46(48-26-28-49-27-10-9-11-33(3)29-49)25-24-43(7)37(40(35)46)12-13-39-42(6)19-17-36(41(4,5)38(42)18-20-44(39,43)8)34-14-21-45(30-47,22-15-34)51-31-50/h14,17,31,33,35,37-40,48H,1,9-13,15-16,18-30H2,2-8H3/t33?,35-,37+,38-,39+,40+,42-,43+,44+,45-,46-/m0/s1. The van der Waals surface area contributed by atoms with E-state index in [4.69, 9.17) is 4.74 Å². The van der Waals surface area contributed by atoms with Crippen LogP contribution >= 0.6 is 0 Å². The summed E-state index contributed by atoms with van der Waals surface area (Å²) >= 11 is 0. The fraction of sp³-hybridized carbons (Fsp3) is 0.848. The maximum atomic E-state index is 14.0. The number of hydrogen-bond acceptors (Lipinski definition) is 4. The van der Waals surface area contributed by atoms with Gasteiger partial charge in [0.2, 0.25) is 0 Å². The van der Waals surface area contributed by atoms with E-state index in [1.54, 1.807) is 0 Å². The summed E-state index contributed by atoms with van der Waals surface area (Å²) in [5, 5.41) is 4.37. The molecule has 0 radical (unpaired) electrons. The lowest BCUT2D eigenvalue weighted by molar-refractivity contribution is -0.221. The minimum atomic E-state index is -0.971. The van der Waals surface area contributed by atoms with E-state index in [2.05, 4.69) is 77.4 Å². The number of ether oxygens (including phenoxy) is 1. The molecule has 5 heteroatoms. The lowest BCUT2D eigenvalue weighted by atomic mass is 9.33. The summed E-state index contributed by atoms with van der Waals surface area (Å²) in [6, 6.07) is 0. The lowest BCUT2D eigenvalue weighted by Gasteiger charge is -2.72. The number of rotatable bonds is 9. The number of nitrogens with one attached hydrogen (secondary N) is 1. The minimum absolute atomic E-state index is 0.0620. The van der Waals surface area contributed by atoms with Gasteiger partial charge in [-0.25, -0.2) is 4.39 Å². The fourth-order valence-corrected chi connectivity index (χ4v) is 15.2. The van der Waals surface area contributed by atoms with Gasteiger partial charge in [0, 0.05) is 31.6 Å². The molecule has 51 heavy (non-hydrogen) atoms. The number of allylic oxidation sites excluding steroid dienone is 4. The van der Waals surface area contributed by atoms with Gasteiger partial charge >= 0.3 is 0 Å². The number of carbonyl (C=O) groups excluding carboxylic acids is 1. The van der Waals surface area contributed by atoms with Crippen LogP contribution in [-0.4, -0.2) is 55.4 Å². The molecule has 6 aliphatic carbocycles. The number of alkyl halides is 1. The van der Waals surface area contributed by atoms with Gasteiger partial charge in [-0.15, -0.1) is 0 Å². The highest BCUT2D eigenvalue weighted by Gasteiger charge is 2.70. The van der Waals surface area contributed by atoms with Gasteiger partial charge in [-0.3, -0.25) is 4.79 Å². The zero-order valence-corrected chi connectivity index (χ0v) is 33.7. The molecule has 5 fully saturated rings. The molecule has 4 saturated carbocycles. The van der Waals surface area contributed by atoms with Crippen LogP contribution in [0.25, 0.3) is 0 Å². The molecule has 1 aliphatic heterocycles. The van der Waals surface area contributed by atoms with Crippen molar-refractivity contribution in [2.45, 2.75) is 156 Å². The molecule has 11 atom stereocenters. The molecule has 7 aliphatic rings. The SMILES string of the molecule is C=C(C)[C@@H]1CC[C@]2(NCCN3CCCCC(C)C3)CC[C@]3(C)[C@H](CC[C@@H]4[C@@]5(C)CC=C(C6=CC[C@](CF)(OC=O)CC6)C(C)(C)[C@@H]5CC[C@]43C)[C@@H]12. The van der Waals surface area contributed by atoms with Crippen molar-refractivity contribution in [3.63, 3.8) is 0 Å². The quantitative estimate of drug-likeness (QED) is 0.192. The van der Waals surface area contributed by atoms with Gasteiger partial charge in [-0.1, -0.05) is 72.3 Å². The first-order valence-corrected chi connectivity index (χ1v) is 21.4. The average molecular weight is 705 g/mol. The number of carbonyl (C=O) groups is 1. The highest BCUT2D eigenvalue weighted by atomic mass is 19.1. The van der Waals surface area contributed by atoms with Gasteiger partial charge in [-0.05, 0) is 165 Å². The van der Waals surface area contributed by atoms with Gasteiger partial charge in [0.05, 0.1) is 0 Å². The molecule has 1 unspecified atom stereocenters. The Morgan fingerprint density at radius 2 is 1.76 bits per heavy atom. The molecule has 0 spiro atoms. The Hall–Kier alpha value is -1.46. The zero-order valence-electron chi connectivity index (χ0n) is 33.7. The summed E-state index contributed by atoms with van der Waals surface area (Å²) in [7, 11) is 0. The summed E-state index contributed by atoms with van der Waals surface area (Å²) in [6.45, 7) is 27.4. The van der Waals surface area contributed by atoms with Crippen LogP contribution in [-0.2, 0) is 9.53 Å². The van der Waals surface area contributed by atoms with Crippen molar-refractivity contribution in [3.05, 3.63) is 35.5 Å². The minimum Gasteiger partial charge on any atom is -0.458 e. The predicted molar refractivity (Wildman–Crippen MR) is 208 cm³/mol. The van der Waals surface area contributed by atoms with Crippen molar-refractivity contribution >= 4 is 6.47 Å². The second kappa shape index (κ2) is 13.7. The maximum Gasteiger partial charge on any atom is 0.293 e. The fourth-order valence-electron chi connectivity index (χ4n) is 15.2. The van der Waals surface area contributed by atoms with E-state index in [0.29, 0.717) is 47.9 Å². The second-order valence-electron chi connectivity index (χ2n) is 20.7. The number of fused-ring (bicyclic) bond motifs is 7. The van der Waals surface area contributed by atoms with Gasteiger partial charge in [0.15, 0.2) is 0 Å². The Morgan fingerprint density at radius 3 is 2.47 bits per heavy atom. The molecule has 4 nitrogen and oxygen atoms in total. The number of hydrogen-bond donors (Lipinski definition) is 1. The third-order valence-corrected chi connectivity index (χ3v) is 18.0. The number of halogens is 1. The maximum absolute atomic E-state index is 14.0. The van der Waals surface area contributed by atoms with E-state index >= 15 is 0 Å². The van der Waals surface area contributed by atoms with E-state index in [-0.39, 0.29) is 16.4 Å². The third kappa shape index (κ3) is 5.98. The van der Waals surface area contributed by atoms with Crippen molar-refractivity contribution in [2.24, 2.45) is 57.2 Å². The summed E-state index contributed by atoms with van der Waals surface area (Å²) in [5.74, 6) is 4.27. The Kier molecular flexibility index (Phi) is 10.2. The molecular weight excluding hydrogens is 632 g/mol. The Morgan fingerprint density at radius 1 is 0.961 bits per heavy atom. The van der Waals surface area contributed by atoms with Crippen LogP contribution in [0.1, 0.15) is 145 Å². The van der Waals surface area contributed by atoms with Crippen LogP contribution in [0.5, 0.6) is 0 Å². The second-order valence-corrected chi connectivity index (χ2v) is 20.7. The lowest BCUT2D eigenvalue weighted by Crippen LogP contribution is -2.68. The Balaban J connectivity index is 1.13. The largest absolute Gasteiger partial charge is 0.458 e. The molecule has 1 saturated heterocycles. The first kappa shape index (κ1) is 37.8. The first-order chi connectivity index (χ1) is 24.2.